The van der Waals surface area contributed by atoms with E-state index in [0.29, 0.717) is 6.54 Å². The van der Waals surface area contributed by atoms with E-state index in [-0.39, 0.29) is 6.42 Å². The van der Waals surface area contributed by atoms with Gasteiger partial charge in [-0.3, -0.25) is 4.79 Å². The SMILES string of the molecule is CC1(NC(=O)CCN2CCCCC2)CS(=O)(=O)CC1S(=O)(=O)[O-]. The lowest BCUT2D eigenvalue weighted by Gasteiger charge is -2.33. The first-order valence-corrected chi connectivity index (χ1v) is 11.0. The second kappa shape index (κ2) is 6.66. The molecule has 2 saturated heterocycles. The molecule has 1 N–H and O–H groups in total. The molecule has 0 aromatic carbocycles. The van der Waals surface area contributed by atoms with Gasteiger partial charge in [-0.2, -0.15) is 0 Å². The topological polar surface area (TPSA) is 124 Å². The zero-order chi connectivity index (χ0) is 17.3. The summed E-state index contributed by atoms with van der Waals surface area (Å²) in [6, 6.07) is 0. The number of carbonyl (C=O) groups excluding carboxylic acids is 1. The van der Waals surface area contributed by atoms with Gasteiger partial charge in [0.25, 0.3) is 0 Å². The first-order valence-electron chi connectivity index (χ1n) is 7.70. The Morgan fingerprint density at radius 3 is 2.48 bits per heavy atom. The Morgan fingerprint density at radius 2 is 1.91 bits per heavy atom. The van der Waals surface area contributed by atoms with E-state index in [9.17, 15) is 26.2 Å². The third-order valence-electron chi connectivity index (χ3n) is 4.51. The molecule has 0 saturated carbocycles. The summed E-state index contributed by atoms with van der Waals surface area (Å²) in [5.74, 6) is -1.69. The number of hydrogen-bond acceptors (Lipinski definition) is 7. The molecule has 2 rings (SSSR count). The fraction of sp³-hybridized carbons (Fsp3) is 0.923. The molecule has 0 aromatic heterocycles. The van der Waals surface area contributed by atoms with Crippen LogP contribution >= 0.6 is 0 Å². The lowest BCUT2D eigenvalue weighted by Crippen LogP contribution is -2.57. The van der Waals surface area contributed by atoms with Gasteiger partial charge in [0.15, 0.2) is 9.84 Å². The normalized spacial score (nSPS) is 31.8. The van der Waals surface area contributed by atoms with E-state index in [1.54, 1.807) is 0 Å². The number of sulfone groups is 1. The van der Waals surface area contributed by atoms with Crippen molar-refractivity contribution in [3.8, 4) is 0 Å². The molecule has 0 aliphatic carbocycles. The summed E-state index contributed by atoms with van der Waals surface area (Å²) in [7, 11) is -8.49. The molecule has 2 unspecified atom stereocenters. The van der Waals surface area contributed by atoms with Crippen LogP contribution in [0, 0.1) is 0 Å². The van der Waals surface area contributed by atoms with Gasteiger partial charge in [-0.25, -0.2) is 16.8 Å². The van der Waals surface area contributed by atoms with Gasteiger partial charge in [-0.1, -0.05) is 6.42 Å². The van der Waals surface area contributed by atoms with Crippen molar-refractivity contribution < 1.29 is 26.2 Å². The maximum Gasteiger partial charge on any atom is 0.221 e. The minimum Gasteiger partial charge on any atom is -0.748 e. The van der Waals surface area contributed by atoms with E-state index in [0.717, 1.165) is 25.9 Å². The van der Waals surface area contributed by atoms with Crippen molar-refractivity contribution in [1.82, 2.24) is 10.2 Å². The van der Waals surface area contributed by atoms with Crippen molar-refractivity contribution in [1.29, 1.82) is 0 Å². The van der Waals surface area contributed by atoms with E-state index in [1.165, 1.54) is 13.3 Å². The van der Waals surface area contributed by atoms with Gasteiger partial charge in [0.2, 0.25) is 5.91 Å². The van der Waals surface area contributed by atoms with Gasteiger partial charge in [0.05, 0.1) is 22.3 Å². The molecule has 2 fully saturated rings. The van der Waals surface area contributed by atoms with Gasteiger partial charge in [-0.05, 0) is 32.9 Å². The summed E-state index contributed by atoms with van der Waals surface area (Å²) >= 11 is 0. The van der Waals surface area contributed by atoms with E-state index in [2.05, 4.69) is 10.2 Å². The first kappa shape index (κ1) is 18.6. The summed E-state index contributed by atoms with van der Waals surface area (Å²) in [6.07, 6.45) is 3.52. The highest BCUT2D eigenvalue weighted by Crippen LogP contribution is 2.29. The van der Waals surface area contributed by atoms with E-state index < -0.39 is 48.2 Å². The Morgan fingerprint density at radius 1 is 1.30 bits per heavy atom. The van der Waals surface area contributed by atoms with Crippen molar-refractivity contribution in [2.24, 2.45) is 0 Å². The Labute approximate surface area is 137 Å². The predicted molar refractivity (Wildman–Crippen MR) is 83.6 cm³/mol. The third kappa shape index (κ3) is 4.88. The fourth-order valence-electron chi connectivity index (χ4n) is 3.37. The smallest absolute Gasteiger partial charge is 0.221 e. The van der Waals surface area contributed by atoms with Crippen LogP contribution in [0.4, 0.5) is 0 Å². The fourth-order valence-corrected chi connectivity index (χ4v) is 7.67. The standard InChI is InChI=1S/C13H24N2O6S2/c1-13(10-22(17,18)9-11(13)23(19,20)21)14-12(16)5-8-15-6-3-2-4-7-15/h11H,2-10H2,1H3,(H,14,16)(H,19,20,21)/p-1. The van der Waals surface area contributed by atoms with Crippen LogP contribution in [-0.2, 0) is 24.7 Å². The Bertz CT molecular complexity index is 654. The summed E-state index contributed by atoms with van der Waals surface area (Å²) in [4.78, 5) is 14.3. The lowest BCUT2D eigenvalue weighted by molar-refractivity contribution is -0.122. The lowest BCUT2D eigenvalue weighted by atomic mass is 10.0. The molecule has 134 valence electrons. The third-order valence-corrected chi connectivity index (χ3v) is 7.99. The van der Waals surface area contributed by atoms with Crippen LogP contribution in [-0.4, -0.2) is 74.1 Å². The van der Waals surface area contributed by atoms with Crippen LogP contribution < -0.4 is 5.32 Å². The largest absolute Gasteiger partial charge is 0.748 e. The Kier molecular flexibility index (Phi) is 5.39. The molecule has 2 heterocycles. The van der Waals surface area contributed by atoms with Gasteiger partial charge >= 0.3 is 0 Å². The Hall–Kier alpha value is -0.710. The van der Waals surface area contributed by atoms with E-state index >= 15 is 0 Å². The van der Waals surface area contributed by atoms with Crippen LogP contribution in [0.5, 0.6) is 0 Å². The summed E-state index contributed by atoms with van der Waals surface area (Å²) in [6.45, 7) is 3.72. The molecular weight excluding hydrogens is 344 g/mol. The van der Waals surface area contributed by atoms with Crippen LogP contribution in [0.1, 0.15) is 32.6 Å². The number of hydrogen-bond donors (Lipinski definition) is 1. The maximum atomic E-state index is 12.1. The number of nitrogens with zero attached hydrogens (tertiary/aromatic N) is 1. The second-order valence-corrected chi connectivity index (χ2v) is 10.3. The summed E-state index contributed by atoms with van der Waals surface area (Å²) in [5.41, 5.74) is -1.56. The highest BCUT2D eigenvalue weighted by atomic mass is 32.2. The molecule has 1 amide bonds. The highest BCUT2D eigenvalue weighted by molar-refractivity contribution is 7.94. The van der Waals surface area contributed by atoms with Gasteiger partial charge in [0, 0.05) is 13.0 Å². The number of carbonyl (C=O) groups is 1. The van der Waals surface area contributed by atoms with Crippen molar-refractivity contribution in [3.63, 3.8) is 0 Å². The van der Waals surface area contributed by atoms with Crippen molar-refractivity contribution in [2.45, 2.75) is 43.4 Å². The molecule has 10 heteroatoms. The van der Waals surface area contributed by atoms with Crippen molar-refractivity contribution in [3.05, 3.63) is 0 Å². The van der Waals surface area contributed by atoms with Gasteiger partial charge in [-0.15, -0.1) is 0 Å². The number of nitrogens with one attached hydrogen (secondary N) is 1. The molecule has 8 nitrogen and oxygen atoms in total. The van der Waals surface area contributed by atoms with Crippen LogP contribution in [0.25, 0.3) is 0 Å². The molecule has 0 spiro atoms. The zero-order valence-corrected chi connectivity index (χ0v) is 14.8. The zero-order valence-electron chi connectivity index (χ0n) is 13.2. The van der Waals surface area contributed by atoms with E-state index in [4.69, 9.17) is 0 Å². The van der Waals surface area contributed by atoms with Crippen LogP contribution in [0.15, 0.2) is 0 Å². The minimum absolute atomic E-state index is 0.154. The molecule has 2 aliphatic heterocycles. The Balaban J connectivity index is 1.99. The van der Waals surface area contributed by atoms with Crippen LogP contribution in [0.2, 0.25) is 0 Å². The van der Waals surface area contributed by atoms with Crippen molar-refractivity contribution >= 4 is 25.9 Å². The second-order valence-electron chi connectivity index (χ2n) is 6.65. The molecular formula is C13H23N2O6S2-. The maximum absolute atomic E-state index is 12.1. The van der Waals surface area contributed by atoms with Crippen molar-refractivity contribution in [2.75, 3.05) is 31.1 Å². The number of rotatable bonds is 5. The molecule has 0 radical (unpaired) electrons. The predicted octanol–water partition coefficient (Wildman–Crippen LogP) is -0.920. The number of amides is 1. The molecule has 0 bridgehead atoms. The van der Waals surface area contributed by atoms with Gasteiger partial charge in [0.1, 0.15) is 10.1 Å². The molecule has 2 atom stereocenters. The molecule has 23 heavy (non-hydrogen) atoms. The number of piperidine rings is 1. The molecule has 2 aliphatic rings. The number of likely N-dealkylation sites (tertiary alicyclic amines) is 1. The minimum atomic E-state index is -4.82. The monoisotopic (exact) mass is 367 g/mol. The highest BCUT2D eigenvalue weighted by Gasteiger charge is 2.51. The van der Waals surface area contributed by atoms with Gasteiger partial charge < -0.3 is 14.8 Å². The molecule has 0 aromatic rings. The van der Waals surface area contributed by atoms with E-state index in [1.807, 2.05) is 0 Å². The summed E-state index contributed by atoms with van der Waals surface area (Å²) in [5, 5.41) is 0.843. The first-order chi connectivity index (χ1) is 10.5. The quantitative estimate of drug-likeness (QED) is 0.623. The van der Waals surface area contributed by atoms with Crippen LogP contribution in [0.3, 0.4) is 0 Å². The average molecular weight is 367 g/mol. The summed E-state index contributed by atoms with van der Waals surface area (Å²) < 4.78 is 57.5. The average Bonchev–Trinajstić information content (AvgIpc) is 2.67.